The van der Waals surface area contributed by atoms with Gasteiger partial charge in [0.05, 0.1) is 19.6 Å². The highest BCUT2D eigenvalue weighted by Gasteiger charge is 2.19. The molecule has 2 amide bonds. The summed E-state index contributed by atoms with van der Waals surface area (Å²) in [6.07, 6.45) is -0.0473. The highest BCUT2D eigenvalue weighted by atomic mass is 35.5. The van der Waals surface area contributed by atoms with Crippen LogP contribution < -0.4 is 20.1 Å². The number of methoxy groups -OCH3 is 1. The molecule has 0 fully saturated rings. The first-order valence-electron chi connectivity index (χ1n) is 10.3. The number of anilines is 1. The molecular formula is C25H23ClF2N2O4. The molecule has 0 spiro atoms. The van der Waals surface area contributed by atoms with Gasteiger partial charge in [-0.05, 0) is 53.6 Å². The van der Waals surface area contributed by atoms with Crippen LogP contribution in [0, 0.1) is 0 Å². The second-order valence-corrected chi connectivity index (χ2v) is 7.81. The Morgan fingerprint density at radius 2 is 1.68 bits per heavy atom. The van der Waals surface area contributed by atoms with Crippen molar-refractivity contribution in [3.05, 3.63) is 77.3 Å². The maximum absolute atomic E-state index is 12.9. The van der Waals surface area contributed by atoms with Crippen molar-refractivity contribution in [1.29, 1.82) is 0 Å². The van der Waals surface area contributed by atoms with E-state index in [2.05, 4.69) is 15.4 Å². The predicted octanol–water partition coefficient (Wildman–Crippen LogP) is 5.82. The first-order valence-corrected chi connectivity index (χ1v) is 10.7. The molecule has 1 unspecified atom stereocenters. The van der Waals surface area contributed by atoms with Crippen molar-refractivity contribution in [3.8, 4) is 22.6 Å². The lowest BCUT2D eigenvalue weighted by Crippen LogP contribution is -2.29. The zero-order valence-corrected chi connectivity index (χ0v) is 19.2. The van der Waals surface area contributed by atoms with Crippen molar-refractivity contribution in [3.63, 3.8) is 0 Å². The van der Waals surface area contributed by atoms with E-state index in [1.54, 1.807) is 54.6 Å². The Morgan fingerprint density at radius 3 is 2.26 bits per heavy atom. The summed E-state index contributed by atoms with van der Waals surface area (Å²) in [4.78, 5) is 24.4. The van der Waals surface area contributed by atoms with Crippen molar-refractivity contribution in [2.24, 2.45) is 0 Å². The first-order chi connectivity index (χ1) is 16.2. The van der Waals surface area contributed by atoms with Crippen molar-refractivity contribution in [1.82, 2.24) is 5.32 Å². The smallest absolute Gasteiger partial charge is 0.387 e. The Bertz CT molecular complexity index is 1140. The van der Waals surface area contributed by atoms with Gasteiger partial charge in [-0.15, -0.1) is 0 Å². The number of rotatable bonds is 9. The van der Waals surface area contributed by atoms with E-state index in [1.165, 1.54) is 26.2 Å². The van der Waals surface area contributed by atoms with Crippen LogP contribution in [-0.4, -0.2) is 25.5 Å². The monoisotopic (exact) mass is 488 g/mol. The molecule has 0 aliphatic carbocycles. The van der Waals surface area contributed by atoms with E-state index in [4.69, 9.17) is 16.3 Å². The molecule has 0 saturated heterocycles. The third-order valence-corrected chi connectivity index (χ3v) is 5.17. The summed E-state index contributed by atoms with van der Waals surface area (Å²) in [5.41, 5.74) is 2.08. The molecule has 2 N–H and O–H groups in total. The van der Waals surface area contributed by atoms with Gasteiger partial charge in [0.1, 0.15) is 11.5 Å². The van der Waals surface area contributed by atoms with Crippen LogP contribution in [0.4, 0.5) is 14.5 Å². The number of benzene rings is 3. The van der Waals surface area contributed by atoms with Crippen LogP contribution in [0.1, 0.15) is 24.9 Å². The Morgan fingerprint density at radius 1 is 1.00 bits per heavy atom. The molecule has 1 atom stereocenters. The minimum Gasteiger partial charge on any atom is -0.497 e. The number of carbonyl (C=O) groups excluding carboxylic acids is 2. The van der Waals surface area contributed by atoms with Gasteiger partial charge in [-0.2, -0.15) is 8.78 Å². The lowest BCUT2D eigenvalue weighted by Gasteiger charge is -2.19. The summed E-state index contributed by atoms with van der Waals surface area (Å²) in [5, 5.41) is 6.04. The van der Waals surface area contributed by atoms with E-state index in [-0.39, 0.29) is 24.0 Å². The molecular weight excluding hydrogens is 466 g/mol. The van der Waals surface area contributed by atoms with Gasteiger partial charge >= 0.3 is 6.61 Å². The van der Waals surface area contributed by atoms with E-state index in [1.807, 2.05) is 0 Å². The Balaban J connectivity index is 1.83. The SMILES string of the molecule is COc1ccc(-c2cc(NC(=O)CC(NC(C)=O)c3ccc(Cl)cc3)ccc2OC(F)F)cc1. The second kappa shape index (κ2) is 11.5. The van der Waals surface area contributed by atoms with Crippen molar-refractivity contribution < 1.29 is 27.8 Å². The summed E-state index contributed by atoms with van der Waals surface area (Å²) in [6, 6.07) is 17.4. The minimum atomic E-state index is -3.00. The predicted molar refractivity (Wildman–Crippen MR) is 126 cm³/mol. The van der Waals surface area contributed by atoms with Gasteiger partial charge in [0.15, 0.2) is 0 Å². The third-order valence-electron chi connectivity index (χ3n) is 4.92. The fourth-order valence-electron chi connectivity index (χ4n) is 3.39. The lowest BCUT2D eigenvalue weighted by atomic mass is 10.0. The Kier molecular flexibility index (Phi) is 8.43. The summed E-state index contributed by atoms with van der Waals surface area (Å²) in [6.45, 7) is -1.64. The van der Waals surface area contributed by atoms with Crippen LogP contribution in [0.2, 0.25) is 5.02 Å². The number of ether oxygens (including phenoxy) is 2. The number of halogens is 3. The second-order valence-electron chi connectivity index (χ2n) is 7.37. The van der Waals surface area contributed by atoms with E-state index < -0.39 is 12.7 Å². The van der Waals surface area contributed by atoms with E-state index in [0.717, 1.165) is 0 Å². The Hall–Kier alpha value is -3.65. The molecule has 3 rings (SSSR count). The quantitative estimate of drug-likeness (QED) is 0.397. The van der Waals surface area contributed by atoms with Crippen LogP contribution in [0.15, 0.2) is 66.7 Å². The molecule has 0 heterocycles. The molecule has 0 aromatic heterocycles. The topological polar surface area (TPSA) is 76.7 Å². The van der Waals surface area contributed by atoms with Gasteiger partial charge in [0, 0.05) is 23.2 Å². The largest absolute Gasteiger partial charge is 0.497 e. The highest BCUT2D eigenvalue weighted by molar-refractivity contribution is 6.30. The van der Waals surface area contributed by atoms with Crippen molar-refractivity contribution in [2.75, 3.05) is 12.4 Å². The zero-order valence-electron chi connectivity index (χ0n) is 18.5. The molecule has 0 aliphatic rings. The normalized spacial score (nSPS) is 11.6. The molecule has 9 heteroatoms. The number of hydrogen-bond acceptors (Lipinski definition) is 4. The number of amides is 2. The Labute approximate surface area is 200 Å². The molecule has 34 heavy (non-hydrogen) atoms. The highest BCUT2D eigenvalue weighted by Crippen LogP contribution is 2.35. The van der Waals surface area contributed by atoms with Gasteiger partial charge in [-0.3, -0.25) is 9.59 Å². The van der Waals surface area contributed by atoms with Gasteiger partial charge in [-0.1, -0.05) is 35.9 Å². The zero-order chi connectivity index (χ0) is 24.7. The standard InChI is InChI=1S/C25H23ClF2N2O4/c1-15(31)29-22(17-3-7-18(26)8-4-17)14-24(32)30-19-9-12-23(34-25(27)28)21(13-19)16-5-10-20(33-2)11-6-16/h3-13,22,25H,14H2,1-2H3,(H,29,31)(H,30,32). The van der Waals surface area contributed by atoms with Crippen LogP contribution in [0.5, 0.6) is 11.5 Å². The lowest BCUT2D eigenvalue weighted by molar-refractivity contribution is -0.120. The van der Waals surface area contributed by atoms with Crippen LogP contribution >= 0.6 is 11.6 Å². The molecule has 0 saturated carbocycles. The summed E-state index contributed by atoms with van der Waals surface area (Å²) in [7, 11) is 1.52. The first kappa shape index (κ1) is 25.0. The summed E-state index contributed by atoms with van der Waals surface area (Å²) < 4.78 is 35.6. The maximum Gasteiger partial charge on any atom is 0.387 e. The molecule has 0 bridgehead atoms. The number of hydrogen-bond donors (Lipinski definition) is 2. The van der Waals surface area contributed by atoms with Crippen molar-refractivity contribution >= 4 is 29.1 Å². The molecule has 178 valence electrons. The van der Waals surface area contributed by atoms with Gasteiger partial charge in [0.2, 0.25) is 11.8 Å². The molecule has 3 aromatic carbocycles. The van der Waals surface area contributed by atoms with Gasteiger partial charge in [-0.25, -0.2) is 0 Å². The van der Waals surface area contributed by atoms with E-state index >= 15 is 0 Å². The van der Waals surface area contributed by atoms with Gasteiger partial charge < -0.3 is 20.1 Å². The maximum atomic E-state index is 12.9. The van der Waals surface area contributed by atoms with Crippen molar-refractivity contribution in [2.45, 2.75) is 26.0 Å². The van der Waals surface area contributed by atoms with Gasteiger partial charge in [0.25, 0.3) is 0 Å². The minimum absolute atomic E-state index is 0.0320. The summed E-state index contributed by atoms with van der Waals surface area (Å²) >= 11 is 5.93. The number of alkyl halides is 2. The average molecular weight is 489 g/mol. The van der Waals surface area contributed by atoms with E-state index in [9.17, 15) is 18.4 Å². The van der Waals surface area contributed by atoms with Crippen LogP contribution in [-0.2, 0) is 9.59 Å². The van der Waals surface area contributed by atoms with E-state index in [0.29, 0.717) is 33.1 Å². The molecule has 6 nitrogen and oxygen atoms in total. The number of nitrogens with one attached hydrogen (secondary N) is 2. The molecule has 3 aromatic rings. The fraction of sp³-hybridized carbons (Fsp3) is 0.200. The summed E-state index contributed by atoms with van der Waals surface area (Å²) in [5.74, 6) is -0.0915. The number of carbonyl (C=O) groups is 2. The third kappa shape index (κ3) is 6.92. The van der Waals surface area contributed by atoms with Crippen LogP contribution in [0.25, 0.3) is 11.1 Å². The fourth-order valence-corrected chi connectivity index (χ4v) is 3.52. The average Bonchev–Trinajstić information content (AvgIpc) is 2.79. The van der Waals surface area contributed by atoms with Crippen LogP contribution in [0.3, 0.4) is 0 Å². The molecule has 0 radical (unpaired) electrons. The molecule has 0 aliphatic heterocycles.